The van der Waals surface area contributed by atoms with E-state index >= 15 is 4.39 Å². The number of nitrogens with zero attached hydrogens (tertiary/aromatic N) is 6. The first kappa shape index (κ1) is 29.1. The van der Waals surface area contributed by atoms with Gasteiger partial charge in [0.15, 0.2) is 11.9 Å². The van der Waals surface area contributed by atoms with Gasteiger partial charge in [-0.2, -0.15) is 9.97 Å². The predicted octanol–water partition coefficient (Wildman–Crippen LogP) is 5.14. The number of rotatable bonds is 6. The fourth-order valence-corrected chi connectivity index (χ4v) is 8.99. The van der Waals surface area contributed by atoms with Crippen LogP contribution in [0.1, 0.15) is 44.9 Å². The van der Waals surface area contributed by atoms with E-state index in [4.69, 9.17) is 31.0 Å². The minimum Gasteiger partial charge on any atom is -0.461 e. The smallest absolute Gasteiger partial charge is 0.319 e. The number of carbonyl (C=O) groups is 2. The Balaban J connectivity index is 1.12. The Kier molecular flexibility index (Phi) is 6.80. The second kappa shape index (κ2) is 11.0. The molecule has 0 spiro atoms. The molecule has 4 aromatic rings. The lowest BCUT2D eigenvalue weighted by atomic mass is 9.95. The van der Waals surface area contributed by atoms with E-state index in [-0.39, 0.29) is 53.1 Å². The van der Waals surface area contributed by atoms with E-state index < -0.39 is 11.9 Å². The Morgan fingerprint density at radius 1 is 1.06 bits per heavy atom. The third kappa shape index (κ3) is 4.64. The average Bonchev–Trinajstić information content (AvgIpc) is 3.72. The fraction of sp³-hybridized carbons (Fsp3) is 0.457. The van der Waals surface area contributed by atoms with Crippen molar-refractivity contribution in [2.75, 3.05) is 37.7 Å². The van der Waals surface area contributed by atoms with Crippen molar-refractivity contribution >= 4 is 51.0 Å². The number of hydrogen-bond donors (Lipinski definition) is 0. The number of halogens is 2. The second-order valence-corrected chi connectivity index (χ2v) is 14.0. The summed E-state index contributed by atoms with van der Waals surface area (Å²) in [5.74, 6) is -0.484. The molecule has 1 amide bonds. The van der Waals surface area contributed by atoms with Crippen LogP contribution in [0.2, 0.25) is 5.02 Å². The van der Waals surface area contributed by atoms with Crippen LogP contribution < -0.4 is 9.64 Å². The molecular formula is C35H34ClFN6O4. The Morgan fingerprint density at radius 3 is 2.51 bits per heavy atom. The van der Waals surface area contributed by atoms with Gasteiger partial charge in [-0.3, -0.25) is 19.5 Å². The van der Waals surface area contributed by atoms with Gasteiger partial charge in [0.25, 0.3) is 5.91 Å². The average molecular weight is 657 g/mol. The third-order valence-electron chi connectivity index (χ3n) is 11.0. The van der Waals surface area contributed by atoms with Gasteiger partial charge in [-0.15, -0.1) is 0 Å². The zero-order valence-corrected chi connectivity index (χ0v) is 26.6. The summed E-state index contributed by atoms with van der Waals surface area (Å²) in [6.45, 7) is 3.60. The molecule has 5 aliphatic heterocycles. The van der Waals surface area contributed by atoms with E-state index in [1.807, 2.05) is 35.2 Å². The summed E-state index contributed by atoms with van der Waals surface area (Å²) in [4.78, 5) is 45.4. The minimum atomic E-state index is -0.693. The standard InChI is InChI=1S/C35H34ClFN6O4/c36-25-8-2-6-20-5-1-7-23(28(20)25)30-29(37)31-24(16-38-30)32(40-34(39-31)46-19-35-11-3-13-42(35)14-4-12-35)41-17-21-9-10-22(18-41)43(21)33(45)26-15-27(44)47-26/h1-2,5-8,16,21-22,26H,3-4,9-15,17-19H2/t21?,22?,26-/m1/s1. The van der Waals surface area contributed by atoms with Gasteiger partial charge in [-0.1, -0.05) is 41.9 Å². The molecular weight excluding hydrogens is 623 g/mol. The van der Waals surface area contributed by atoms with Crippen LogP contribution in [0.5, 0.6) is 6.01 Å². The molecule has 5 saturated heterocycles. The fourth-order valence-electron chi connectivity index (χ4n) is 8.71. The zero-order valence-electron chi connectivity index (χ0n) is 25.8. The Morgan fingerprint density at radius 2 is 1.79 bits per heavy atom. The molecule has 12 heteroatoms. The lowest BCUT2D eigenvalue weighted by molar-refractivity contribution is -0.180. The SMILES string of the molecule is O=C1C[C@H](C(=O)N2C3CCC2CN(c2nc(OCC45CCCN4CCC5)nc4c(F)c(-c5cccc6cccc(Cl)c56)ncc24)C3)O1. The molecule has 242 valence electrons. The van der Waals surface area contributed by atoms with Crippen molar-refractivity contribution in [1.82, 2.24) is 24.8 Å². The molecule has 5 aliphatic rings. The molecule has 47 heavy (non-hydrogen) atoms. The quantitative estimate of drug-likeness (QED) is 0.261. The molecule has 5 fully saturated rings. The number of amides is 1. The highest BCUT2D eigenvalue weighted by atomic mass is 35.5. The predicted molar refractivity (Wildman–Crippen MR) is 174 cm³/mol. The second-order valence-electron chi connectivity index (χ2n) is 13.6. The normalized spacial score (nSPS) is 24.9. The molecule has 2 bridgehead atoms. The van der Waals surface area contributed by atoms with Gasteiger partial charge in [0.05, 0.1) is 17.3 Å². The first-order chi connectivity index (χ1) is 22.9. The highest BCUT2D eigenvalue weighted by Crippen LogP contribution is 2.42. The first-order valence-electron chi connectivity index (χ1n) is 16.6. The number of cyclic esters (lactones) is 1. The van der Waals surface area contributed by atoms with Crippen LogP contribution >= 0.6 is 11.6 Å². The van der Waals surface area contributed by atoms with Crippen LogP contribution in [0, 0.1) is 5.82 Å². The maximum Gasteiger partial charge on any atom is 0.319 e. The van der Waals surface area contributed by atoms with E-state index in [0.717, 1.165) is 62.4 Å². The highest BCUT2D eigenvalue weighted by Gasteiger charge is 2.49. The zero-order chi connectivity index (χ0) is 31.9. The van der Waals surface area contributed by atoms with Crippen molar-refractivity contribution in [3.8, 4) is 17.3 Å². The van der Waals surface area contributed by atoms with Crippen LogP contribution in [0.4, 0.5) is 10.2 Å². The molecule has 2 unspecified atom stereocenters. The molecule has 0 aliphatic carbocycles. The van der Waals surface area contributed by atoms with Gasteiger partial charge in [0.1, 0.15) is 23.6 Å². The number of aromatic nitrogens is 3. The van der Waals surface area contributed by atoms with E-state index in [1.54, 1.807) is 12.3 Å². The number of hydrogen-bond acceptors (Lipinski definition) is 9. The summed E-state index contributed by atoms with van der Waals surface area (Å²) >= 11 is 6.63. The summed E-state index contributed by atoms with van der Waals surface area (Å²) in [5, 5.41) is 2.62. The monoisotopic (exact) mass is 656 g/mol. The maximum atomic E-state index is 16.8. The van der Waals surface area contributed by atoms with Gasteiger partial charge < -0.3 is 19.3 Å². The van der Waals surface area contributed by atoms with Crippen molar-refractivity contribution in [3.05, 3.63) is 53.4 Å². The number of ether oxygens (including phenoxy) is 2. The first-order valence-corrected chi connectivity index (χ1v) is 16.9. The number of pyridine rings is 1. The number of carbonyl (C=O) groups excluding carboxylic acids is 2. The van der Waals surface area contributed by atoms with Crippen LogP contribution in [0.15, 0.2) is 42.6 Å². The number of anilines is 1. The highest BCUT2D eigenvalue weighted by molar-refractivity contribution is 6.36. The van der Waals surface area contributed by atoms with Crippen LogP contribution in [-0.2, 0) is 14.3 Å². The topological polar surface area (TPSA) is 101 Å². The van der Waals surface area contributed by atoms with Crippen LogP contribution in [0.3, 0.4) is 0 Å². The summed E-state index contributed by atoms with van der Waals surface area (Å²) in [6.07, 6.45) is 7.14. The number of esters is 1. The lowest BCUT2D eigenvalue weighted by Crippen LogP contribution is -2.60. The molecule has 3 atom stereocenters. The Hall–Kier alpha value is -4.09. The van der Waals surface area contributed by atoms with E-state index in [0.29, 0.717) is 41.5 Å². The Bertz CT molecular complexity index is 1920. The van der Waals surface area contributed by atoms with Crippen molar-refractivity contribution in [3.63, 3.8) is 0 Å². The van der Waals surface area contributed by atoms with E-state index in [2.05, 4.69) is 14.8 Å². The summed E-state index contributed by atoms with van der Waals surface area (Å²) in [7, 11) is 0. The lowest BCUT2D eigenvalue weighted by Gasteiger charge is -2.43. The third-order valence-corrected chi connectivity index (χ3v) is 11.3. The molecule has 9 rings (SSSR count). The molecule has 7 heterocycles. The molecule has 2 aromatic carbocycles. The molecule has 0 radical (unpaired) electrons. The number of piperazine rings is 1. The minimum absolute atomic E-state index is 0.0315. The molecule has 10 nitrogen and oxygen atoms in total. The van der Waals surface area contributed by atoms with Gasteiger partial charge in [0, 0.05) is 47.3 Å². The molecule has 2 aromatic heterocycles. The molecule has 0 saturated carbocycles. The van der Waals surface area contributed by atoms with E-state index in [9.17, 15) is 9.59 Å². The number of fused-ring (bicyclic) bond motifs is 5. The van der Waals surface area contributed by atoms with Crippen LogP contribution in [-0.4, -0.2) is 93.1 Å². The van der Waals surface area contributed by atoms with Crippen LogP contribution in [0.25, 0.3) is 32.9 Å². The van der Waals surface area contributed by atoms with Gasteiger partial charge in [-0.25, -0.2) is 4.39 Å². The van der Waals surface area contributed by atoms with Crippen molar-refractivity contribution in [1.29, 1.82) is 0 Å². The van der Waals surface area contributed by atoms with Crippen molar-refractivity contribution < 1.29 is 23.5 Å². The van der Waals surface area contributed by atoms with Gasteiger partial charge in [0.2, 0.25) is 0 Å². The largest absolute Gasteiger partial charge is 0.461 e. The maximum absolute atomic E-state index is 16.8. The molecule has 0 N–H and O–H groups in total. The van der Waals surface area contributed by atoms with Crippen molar-refractivity contribution in [2.24, 2.45) is 0 Å². The summed E-state index contributed by atoms with van der Waals surface area (Å²) in [6, 6.07) is 11.2. The number of benzene rings is 2. The summed E-state index contributed by atoms with van der Waals surface area (Å²) in [5.41, 5.74) is 0.853. The van der Waals surface area contributed by atoms with Gasteiger partial charge in [-0.05, 0) is 63.1 Å². The van der Waals surface area contributed by atoms with Gasteiger partial charge >= 0.3 is 12.0 Å². The summed E-state index contributed by atoms with van der Waals surface area (Å²) < 4.78 is 28.3. The van der Waals surface area contributed by atoms with E-state index in [1.165, 1.54) is 0 Å². The Labute approximate surface area is 275 Å². The van der Waals surface area contributed by atoms with Crippen molar-refractivity contribution in [2.45, 2.75) is 68.7 Å².